The normalized spacial score (nSPS) is 15.9. The molecule has 1 aliphatic rings. The van der Waals surface area contributed by atoms with E-state index in [1.807, 2.05) is 13.8 Å². The molecule has 0 radical (unpaired) electrons. The number of nitrogens with zero attached hydrogens (tertiary/aromatic N) is 3. The van der Waals surface area contributed by atoms with Crippen molar-refractivity contribution in [2.45, 2.75) is 31.2 Å². The third-order valence-corrected chi connectivity index (χ3v) is 6.23. The van der Waals surface area contributed by atoms with Crippen molar-refractivity contribution >= 4 is 28.8 Å². The Bertz CT molecular complexity index is 1250. The Hall–Kier alpha value is -3.18. The molecule has 1 amide bonds. The molecule has 1 aliphatic heterocycles. The van der Waals surface area contributed by atoms with E-state index in [1.54, 1.807) is 24.5 Å². The van der Waals surface area contributed by atoms with Crippen LogP contribution in [0, 0.1) is 0 Å². The fourth-order valence-electron chi connectivity index (χ4n) is 3.79. The standard InChI is InChI=1S/C23H22F3N5O2S/c1-22(2)12-29-20(32)15-5-4-14(9-16(15)22)19-17(23(24,25)26)10-28-21(31-19)30-18-8-13(6-7-27-18)11-34(3)33/h4-10H,11-12H2,1-3H3,(H,29,32)(H,27,28,30,31). The van der Waals surface area contributed by atoms with Crippen LogP contribution in [0.4, 0.5) is 24.9 Å². The minimum absolute atomic E-state index is 0.0694. The van der Waals surface area contributed by atoms with Gasteiger partial charge in [-0.05, 0) is 29.8 Å². The first-order valence-corrected chi connectivity index (χ1v) is 12.1. The summed E-state index contributed by atoms with van der Waals surface area (Å²) >= 11 is -1.06. The van der Waals surface area contributed by atoms with Crippen molar-refractivity contribution in [1.82, 2.24) is 20.3 Å². The Balaban J connectivity index is 1.77. The molecule has 4 rings (SSSR count). The lowest BCUT2D eigenvalue weighted by molar-refractivity contribution is -0.137. The second-order valence-corrected chi connectivity index (χ2v) is 10.1. The van der Waals surface area contributed by atoms with Gasteiger partial charge in [0.15, 0.2) is 0 Å². The summed E-state index contributed by atoms with van der Waals surface area (Å²) < 4.78 is 52.9. The first kappa shape index (κ1) is 24.0. The van der Waals surface area contributed by atoms with Gasteiger partial charge in [0.25, 0.3) is 5.91 Å². The topological polar surface area (TPSA) is 103 Å². The van der Waals surface area contributed by atoms with Gasteiger partial charge in [0, 0.05) is 41.0 Å². The van der Waals surface area contributed by atoms with Gasteiger partial charge in [-0.25, -0.2) is 15.0 Å². The number of carbonyl (C=O) groups is 1. The lowest BCUT2D eigenvalue weighted by Crippen LogP contribution is -2.43. The first-order valence-electron chi connectivity index (χ1n) is 10.3. The van der Waals surface area contributed by atoms with Gasteiger partial charge in [-0.3, -0.25) is 4.79 Å². The predicted molar refractivity (Wildman–Crippen MR) is 123 cm³/mol. The molecule has 34 heavy (non-hydrogen) atoms. The maximum Gasteiger partial charge on any atom is 0.419 e. The predicted octanol–water partition coefficient (Wildman–Crippen LogP) is 4.20. The van der Waals surface area contributed by atoms with E-state index in [0.29, 0.717) is 29.2 Å². The average Bonchev–Trinajstić information content (AvgIpc) is 2.75. The van der Waals surface area contributed by atoms with Gasteiger partial charge >= 0.3 is 6.18 Å². The fourth-order valence-corrected chi connectivity index (χ4v) is 4.44. The first-order chi connectivity index (χ1) is 15.9. The smallest absolute Gasteiger partial charge is 0.419 e. The van der Waals surface area contributed by atoms with Crippen LogP contribution >= 0.6 is 0 Å². The molecule has 11 heteroatoms. The second-order valence-electron chi connectivity index (χ2n) is 8.67. The molecule has 0 spiro atoms. The van der Waals surface area contributed by atoms with Gasteiger partial charge in [-0.15, -0.1) is 0 Å². The molecule has 3 heterocycles. The number of fused-ring (bicyclic) bond motifs is 1. The lowest BCUT2D eigenvalue weighted by Gasteiger charge is -2.32. The molecule has 0 saturated heterocycles. The highest BCUT2D eigenvalue weighted by Crippen LogP contribution is 2.39. The Morgan fingerprint density at radius 3 is 2.68 bits per heavy atom. The number of amides is 1. The van der Waals surface area contributed by atoms with Crippen molar-refractivity contribution in [1.29, 1.82) is 0 Å². The van der Waals surface area contributed by atoms with E-state index in [4.69, 9.17) is 0 Å². The Kier molecular flexibility index (Phi) is 6.26. The van der Waals surface area contributed by atoms with Crippen molar-refractivity contribution in [3.05, 3.63) is 65.0 Å². The van der Waals surface area contributed by atoms with Crippen LogP contribution in [0.1, 0.15) is 40.9 Å². The Morgan fingerprint density at radius 2 is 1.97 bits per heavy atom. The highest BCUT2D eigenvalue weighted by Gasteiger charge is 2.37. The summed E-state index contributed by atoms with van der Waals surface area (Å²) in [5, 5.41) is 5.62. The number of carbonyl (C=O) groups excluding carboxylic acids is 1. The van der Waals surface area contributed by atoms with E-state index < -0.39 is 28.3 Å². The monoisotopic (exact) mass is 489 g/mol. The van der Waals surface area contributed by atoms with Crippen LogP contribution in [0.5, 0.6) is 0 Å². The average molecular weight is 490 g/mol. The zero-order valence-corrected chi connectivity index (χ0v) is 19.5. The largest absolute Gasteiger partial charge is 0.616 e. The molecule has 3 aromatic rings. The number of halogens is 3. The minimum atomic E-state index is -4.68. The fraction of sp³-hybridized carbons (Fsp3) is 0.304. The molecule has 1 atom stereocenters. The van der Waals surface area contributed by atoms with Gasteiger partial charge in [0.05, 0.1) is 11.9 Å². The summed E-state index contributed by atoms with van der Waals surface area (Å²) in [6.07, 6.45) is -0.874. The molecule has 1 aromatic carbocycles. The number of nitrogens with one attached hydrogen (secondary N) is 2. The van der Waals surface area contributed by atoms with Crippen molar-refractivity contribution in [2.24, 2.45) is 0 Å². The van der Waals surface area contributed by atoms with Crippen molar-refractivity contribution in [3.8, 4) is 11.3 Å². The van der Waals surface area contributed by atoms with Crippen LogP contribution in [0.25, 0.3) is 11.3 Å². The molecular weight excluding hydrogens is 467 g/mol. The van der Waals surface area contributed by atoms with E-state index in [0.717, 1.165) is 11.8 Å². The van der Waals surface area contributed by atoms with E-state index in [-0.39, 0.29) is 23.1 Å². The molecular formula is C23H22F3N5O2S. The minimum Gasteiger partial charge on any atom is -0.616 e. The number of rotatable bonds is 5. The number of hydrogen-bond donors (Lipinski definition) is 2. The van der Waals surface area contributed by atoms with Crippen molar-refractivity contribution in [2.75, 3.05) is 18.1 Å². The number of hydrogen-bond acceptors (Lipinski definition) is 6. The maximum atomic E-state index is 13.8. The number of anilines is 2. The molecule has 2 N–H and O–H groups in total. The summed E-state index contributed by atoms with van der Waals surface area (Å²) in [6, 6.07) is 7.91. The zero-order valence-electron chi connectivity index (χ0n) is 18.7. The molecule has 1 unspecified atom stereocenters. The number of pyridine rings is 1. The van der Waals surface area contributed by atoms with Crippen LogP contribution in [-0.2, 0) is 28.5 Å². The molecule has 0 saturated carbocycles. The van der Waals surface area contributed by atoms with Crippen LogP contribution < -0.4 is 10.6 Å². The van der Waals surface area contributed by atoms with Crippen LogP contribution in [0.2, 0.25) is 0 Å². The Labute approximate surface area is 197 Å². The third-order valence-electron chi connectivity index (χ3n) is 5.49. The molecule has 178 valence electrons. The zero-order chi connectivity index (χ0) is 24.7. The quantitative estimate of drug-likeness (QED) is 0.521. The van der Waals surface area contributed by atoms with Crippen LogP contribution in [0.3, 0.4) is 0 Å². The number of aromatic nitrogens is 3. The third kappa shape index (κ3) is 5.00. The SMILES string of the molecule is C[S+]([O-])Cc1ccnc(Nc2ncc(C(F)(F)F)c(-c3ccc4c(c3)C(C)(C)CNC4=O)n2)c1. The maximum absolute atomic E-state index is 13.8. The molecule has 0 bridgehead atoms. The van der Waals surface area contributed by atoms with E-state index >= 15 is 0 Å². The lowest BCUT2D eigenvalue weighted by atomic mass is 9.78. The molecule has 0 fully saturated rings. The van der Waals surface area contributed by atoms with Crippen LogP contribution in [0.15, 0.2) is 42.7 Å². The van der Waals surface area contributed by atoms with E-state index in [2.05, 4.69) is 25.6 Å². The van der Waals surface area contributed by atoms with Crippen molar-refractivity contribution < 1.29 is 22.5 Å². The molecule has 2 aromatic heterocycles. The number of benzene rings is 1. The summed E-state index contributed by atoms with van der Waals surface area (Å²) in [5.74, 6) is 0.298. The highest BCUT2D eigenvalue weighted by atomic mass is 32.2. The van der Waals surface area contributed by atoms with Gasteiger partial charge in [0.2, 0.25) is 5.95 Å². The van der Waals surface area contributed by atoms with Gasteiger partial charge in [-0.1, -0.05) is 31.1 Å². The summed E-state index contributed by atoms with van der Waals surface area (Å²) in [7, 11) is 0. The van der Waals surface area contributed by atoms with E-state index in [9.17, 15) is 22.5 Å². The van der Waals surface area contributed by atoms with Crippen molar-refractivity contribution in [3.63, 3.8) is 0 Å². The van der Waals surface area contributed by atoms with Gasteiger partial charge < -0.3 is 15.2 Å². The Morgan fingerprint density at radius 1 is 1.21 bits per heavy atom. The van der Waals surface area contributed by atoms with Gasteiger partial charge in [0.1, 0.15) is 17.1 Å². The molecule has 7 nitrogen and oxygen atoms in total. The molecule has 0 aliphatic carbocycles. The van der Waals surface area contributed by atoms with Crippen LogP contribution in [-0.4, -0.2) is 38.2 Å². The summed E-state index contributed by atoms with van der Waals surface area (Å²) in [4.78, 5) is 24.4. The summed E-state index contributed by atoms with van der Waals surface area (Å²) in [5.41, 5.74) is 0.296. The van der Waals surface area contributed by atoms with E-state index in [1.165, 1.54) is 18.3 Å². The second kappa shape index (κ2) is 8.88. The van der Waals surface area contributed by atoms with Gasteiger partial charge in [-0.2, -0.15) is 13.2 Å². The number of alkyl halides is 3. The highest BCUT2D eigenvalue weighted by molar-refractivity contribution is 7.89. The summed E-state index contributed by atoms with van der Waals surface area (Å²) in [6.45, 7) is 4.19.